The van der Waals surface area contributed by atoms with Crippen molar-refractivity contribution in [2.24, 2.45) is 5.92 Å². The molecular formula is C22H17F5O. The summed E-state index contributed by atoms with van der Waals surface area (Å²) in [6.45, 7) is -1.40. The van der Waals surface area contributed by atoms with Crippen molar-refractivity contribution >= 4 is 0 Å². The van der Waals surface area contributed by atoms with Crippen molar-refractivity contribution in [2.75, 3.05) is 0 Å². The summed E-state index contributed by atoms with van der Waals surface area (Å²) in [5.41, 5.74) is 1.56. The molecule has 146 valence electrons. The van der Waals surface area contributed by atoms with Gasteiger partial charge in [0, 0.05) is 5.56 Å². The van der Waals surface area contributed by atoms with E-state index in [1.165, 1.54) is 0 Å². The Kier molecular flexibility index (Phi) is 6.03. The van der Waals surface area contributed by atoms with E-state index in [4.69, 9.17) is 0 Å². The van der Waals surface area contributed by atoms with Gasteiger partial charge >= 0.3 is 6.61 Å². The molecule has 2 aromatic rings. The molecule has 1 unspecified atom stereocenters. The van der Waals surface area contributed by atoms with Crippen molar-refractivity contribution in [1.29, 1.82) is 0 Å². The van der Waals surface area contributed by atoms with Crippen molar-refractivity contribution in [3.63, 3.8) is 0 Å². The van der Waals surface area contributed by atoms with E-state index in [1.54, 1.807) is 6.07 Å². The highest BCUT2D eigenvalue weighted by Gasteiger charge is 2.21. The molecule has 0 aliphatic heterocycles. The molecule has 0 radical (unpaired) electrons. The van der Waals surface area contributed by atoms with Gasteiger partial charge in [0.1, 0.15) is 5.82 Å². The second kappa shape index (κ2) is 8.47. The number of ether oxygens (including phenoxy) is 1. The van der Waals surface area contributed by atoms with Gasteiger partial charge in [0.15, 0.2) is 17.4 Å². The van der Waals surface area contributed by atoms with Crippen LogP contribution in [0.25, 0.3) is 0 Å². The summed E-state index contributed by atoms with van der Waals surface area (Å²) in [5.74, 6) is 1.23. The van der Waals surface area contributed by atoms with E-state index in [0.717, 1.165) is 30.5 Å². The third-order valence-corrected chi connectivity index (χ3v) is 4.60. The standard InChI is InChI=1S/C22H17F5O/c1-2-3-13-5-9-17-16(10-13)8-7-15(20(17)25)6-4-14-11-18(23)21(19(24)12-14)28-22(26)27/h2-3,7-8,11-13,22H,5,9-10H2,1H3. The largest absolute Gasteiger partial charge is 0.429 e. The normalized spacial score (nSPS) is 16.0. The number of rotatable bonds is 3. The number of allylic oxidation sites excluding steroid dienone is 2. The van der Waals surface area contributed by atoms with E-state index >= 15 is 0 Å². The van der Waals surface area contributed by atoms with Crippen LogP contribution in [0.15, 0.2) is 36.4 Å². The van der Waals surface area contributed by atoms with E-state index in [-0.39, 0.29) is 11.1 Å². The van der Waals surface area contributed by atoms with E-state index in [2.05, 4.69) is 22.7 Å². The van der Waals surface area contributed by atoms with Gasteiger partial charge in [0.2, 0.25) is 0 Å². The highest BCUT2D eigenvalue weighted by atomic mass is 19.3. The second-order valence-corrected chi connectivity index (χ2v) is 6.49. The predicted octanol–water partition coefficient (Wildman–Crippen LogP) is 5.79. The SMILES string of the molecule is CC=CC1CCc2c(ccc(C#Cc3cc(F)c(OC(F)F)c(F)c3)c2F)C1. The molecule has 1 nitrogen and oxygen atoms in total. The molecule has 0 saturated heterocycles. The minimum absolute atomic E-state index is 0.109. The van der Waals surface area contributed by atoms with Crippen LogP contribution >= 0.6 is 0 Å². The molecule has 6 heteroatoms. The number of halogens is 5. The van der Waals surface area contributed by atoms with Gasteiger partial charge < -0.3 is 4.74 Å². The highest BCUT2D eigenvalue weighted by molar-refractivity contribution is 5.49. The van der Waals surface area contributed by atoms with Crippen molar-refractivity contribution in [1.82, 2.24) is 0 Å². The fourth-order valence-corrected chi connectivity index (χ4v) is 3.34. The fourth-order valence-electron chi connectivity index (χ4n) is 3.34. The molecule has 2 aromatic carbocycles. The van der Waals surface area contributed by atoms with Crippen molar-refractivity contribution in [2.45, 2.75) is 32.8 Å². The van der Waals surface area contributed by atoms with E-state index in [9.17, 15) is 22.0 Å². The molecule has 3 rings (SSSR count). The van der Waals surface area contributed by atoms with Crippen LogP contribution in [0.3, 0.4) is 0 Å². The average Bonchev–Trinajstić information content (AvgIpc) is 2.64. The molecule has 0 spiro atoms. The third kappa shape index (κ3) is 4.36. The van der Waals surface area contributed by atoms with Gasteiger partial charge in [-0.25, -0.2) is 13.2 Å². The van der Waals surface area contributed by atoms with Gasteiger partial charge in [-0.3, -0.25) is 0 Å². The Morgan fingerprint density at radius 1 is 1.11 bits per heavy atom. The van der Waals surface area contributed by atoms with Crippen LogP contribution in [0.2, 0.25) is 0 Å². The van der Waals surface area contributed by atoms with Crippen LogP contribution in [0.5, 0.6) is 5.75 Å². The lowest BCUT2D eigenvalue weighted by Crippen LogP contribution is -2.14. The van der Waals surface area contributed by atoms with Gasteiger partial charge in [-0.1, -0.05) is 30.1 Å². The van der Waals surface area contributed by atoms with Gasteiger partial charge in [-0.05, 0) is 61.4 Å². The van der Waals surface area contributed by atoms with Crippen LogP contribution in [0.4, 0.5) is 22.0 Å². The summed E-state index contributed by atoms with van der Waals surface area (Å²) >= 11 is 0. The average molecular weight is 392 g/mol. The Labute approximate surface area is 159 Å². The molecular weight excluding hydrogens is 375 g/mol. The molecule has 1 aliphatic carbocycles. The van der Waals surface area contributed by atoms with Crippen LogP contribution in [0.1, 0.15) is 35.6 Å². The highest BCUT2D eigenvalue weighted by Crippen LogP contribution is 2.30. The molecule has 0 N–H and O–H groups in total. The summed E-state index contributed by atoms with van der Waals surface area (Å²) in [7, 11) is 0. The number of hydrogen-bond acceptors (Lipinski definition) is 1. The van der Waals surface area contributed by atoms with Crippen LogP contribution in [-0.2, 0) is 12.8 Å². The van der Waals surface area contributed by atoms with Crippen LogP contribution in [-0.4, -0.2) is 6.61 Å². The topological polar surface area (TPSA) is 9.23 Å². The molecule has 0 fully saturated rings. The minimum Gasteiger partial charge on any atom is -0.429 e. The Morgan fingerprint density at radius 2 is 1.82 bits per heavy atom. The molecule has 0 saturated carbocycles. The fraction of sp³-hybridized carbons (Fsp3) is 0.273. The first-order chi connectivity index (χ1) is 13.4. The molecule has 1 aliphatic rings. The zero-order valence-corrected chi connectivity index (χ0v) is 15.0. The molecule has 0 bridgehead atoms. The van der Waals surface area contributed by atoms with Crippen LogP contribution < -0.4 is 4.74 Å². The van der Waals surface area contributed by atoms with E-state index in [0.29, 0.717) is 17.9 Å². The number of hydrogen-bond donors (Lipinski definition) is 0. The molecule has 0 amide bonds. The summed E-state index contributed by atoms with van der Waals surface area (Å²) in [4.78, 5) is 0. The Hall–Kier alpha value is -2.81. The summed E-state index contributed by atoms with van der Waals surface area (Å²) < 4.78 is 70.4. The van der Waals surface area contributed by atoms with Gasteiger partial charge in [-0.15, -0.1) is 0 Å². The van der Waals surface area contributed by atoms with E-state index in [1.807, 2.05) is 19.1 Å². The number of benzene rings is 2. The number of alkyl halides is 2. The maximum absolute atomic E-state index is 14.8. The zero-order valence-electron chi connectivity index (χ0n) is 15.0. The Morgan fingerprint density at radius 3 is 2.46 bits per heavy atom. The quantitative estimate of drug-likeness (QED) is 0.365. The lowest BCUT2D eigenvalue weighted by atomic mass is 9.82. The van der Waals surface area contributed by atoms with Crippen LogP contribution in [0, 0.1) is 35.2 Å². The number of fused-ring (bicyclic) bond motifs is 1. The van der Waals surface area contributed by atoms with Crippen molar-refractivity contribution in [3.8, 4) is 17.6 Å². The predicted molar refractivity (Wildman–Crippen MR) is 95.7 cm³/mol. The maximum atomic E-state index is 14.8. The van der Waals surface area contributed by atoms with Gasteiger partial charge in [0.05, 0.1) is 5.56 Å². The Bertz CT molecular complexity index is 946. The lowest BCUT2D eigenvalue weighted by molar-refractivity contribution is -0.0546. The van der Waals surface area contributed by atoms with E-state index < -0.39 is 29.8 Å². The first kappa shape index (κ1) is 19.9. The summed E-state index contributed by atoms with van der Waals surface area (Å²) in [5, 5.41) is 0. The van der Waals surface area contributed by atoms with Gasteiger partial charge in [-0.2, -0.15) is 8.78 Å². The molecule has 1 atom stereocenters. The molecule has 28 heavy (non-hydrogen) atoms. The van der Waals surface area contributed by atoms with Crippen molar-refractivity contribution < 1.29 is 26.7 Å². The third-order valence-electron chi connectivity index (χ3n) is 4.60. The van der Waals surface area contributed by atoms with Gasteiger partial charge in [0.25, 0.3) is 0 Å². The Balaban J connectivity index is 1.87. The van der Waals surface area contributed by atoms with Crippen molar-refractivity contribution in [3.05, 3.63) is 76.1 Å². The lowest BCUT2D eigenvalue weighted by Gasteiger charge is -2.23. The summed E-state index contributed by atoms with van der Waals surface area (Å²) in [6.07, 6.45) is 6.29. The molecule has 0 aromatic heterocycles. The smallest absolute Gasteiger partial charge is 0.387 e. The first-order valence-electron chi connectivity index (χ1n) is 8.78. The summed E-state index contributed by atoms with van der Waals surface area (Å²) in [6, 6.07) is 4.90. The second-order valence-electron chi connectivity index (χ2n) is 6.49. The maximum Gasteiger partial charge on any atom is 0.387 e. The monoisotopic (exact) mass is 392 g/mol. The first-order valence-corrected chi connectivity index (χ1v) is 8.78. The molecule has 0 heterocycles. The zero-order chi connectivity index (χ0) is 20.3. The minimum atomic E-state index is -3.35.